The van der Waals surface area contributed by atoms with Crippen molar-refractivity contribution in [2.75, 3.05) is 50.0 Å². The van der Waals surface area contributed by atoms with Gasteiger partial charge in [-0.15, -0.1) is 0 Å². The van der Waals surface area contributed by atoms with Crippen molar-refractivity contribution in [3.63, 3.8) is 0 Å². The molecule has 6 aromatic carbocycles. The number of carbonyl (C=O) groups is 4. The van der Waals surface area contributed by atoms with Gasteiger partial charge in [-0.25, -0.2) is 9.59 Å². The first kappa shape index (κ1) is 57.7. The molecule has 2 aliphatic heterocycles. The molecule has 0 spiro atoms. The fourth-order valence-electron chi connectivity index (χ4n) is 12.6. The highest BCUT2D eigenvalue weighted by Gasteiger charge is 2.43. The molecule has 2 amide bonds. The molecule has 0 bridgehead atoms. The van der Waals surface area contributed by atoms with Gasteiger partial charge in [0.1, 0.15) is 29.2 Å². The van der Waals surface area contributed by atoms with Crippen LogP contribution >= 0.6 is 0 Å². The van der Waals surface area contributed by atoms with E-state index in [2.05, 4.69) is 105 Å². The van der Waals surface area contributed by atoms with Gasteiger partial charge >= 0.3 is 24.1 Å². The average Bonchev–Trinajstić information content (AvgIpc) is 4.40. The summed E-state index contributed by atoms with van der Waals surface area (Å²) in [5.41, 5.74) is 9.95. The molecule has 0 aromatic heterocycles. The molecule has 2 heterocycles. The van der Waals surface area contributed by atoms with Gasteiger partial charge in [-0.05, 0) is 167 Å². The van der Waals surface area contributed by atoms with Crippen LogP contribution in [0.4, 0.5) is 21.0 Å². The van der Waals surface area contributed by atoms with Crippen molar-refractivity contribution >= 4 is 35.5 Å². The van der Waals surface area contributed by atoms with Crippen LogP contribution in [0.2, 0.25) is 0 Å². The first-order valence-corrected chi connectivity index (χ1v) is 29.4. The third kappa shape index (κ3) is 15.9. The minimum atomic E-state index is -0.501. The Morgan fingerprint density at radius 1 is 0.476 bits per heavy atom. The van der Waals surface area contributed by atoms with Gasteiger partial charge < -0.3 is 28.6 Å². The quantitative estimate of drug-likeness (QED) is 0.0590. The Morgan fingerprint density at radius 3 is 1.43 bits per heavy atom. The number of aryl methyl sites for hydroxylation is 1. The zero-order chi connectivity index (χ0) is 57.4. The number of nitrogens with one attached hydrogen (secondary N) is 2. The smallest absolute Gasteiger partial charge is 0.411 e. The zero-order valence-corrected chi connectivity index (χ0v) is 48.5. The molecule has 10 rings (SSSR count). The molecule has 13 heteroatoms. The fourth-order valence-corrected chi connectivity index (χ4v) is 12.6. The van der Waals surface area contributed by atoms with E-state index in [1.54, 1.807) is 0 Å². The molecule has 430 valence electrons. The summed E-state index contributed by atoms with van der Waals surface area (Å²) in [6, 6.07) is 49.0. The Labute approximate surface area is 484 Å². The number of rotatable bonds is 19. The van der Waals surface area contributed by atoms with Crippen molar-refractivity contribution in [1.82, 2.24) is 9.80 Å². The van der Waals surface area contributed by atoms with E-state index in [1.165, 1.54) is 11.1 Å². The average molecular weight is 1110 g/mol. The Hall–Kier alpha value is -7.48. The number of nitrogens with zero attached hydrogens (tertiary/aromatic N) is 2. The maximum atomic E-state index is 13.4. The number of fused-ring (bicyclic) bond motifs is 2. The van der Waals surface area contributed by atoms with Gasteiger partial charge in [0.15, 0.2) is 0 Å². The lowest BCUT2D eigenvalue weighted by molar-refractivity contribution is -0.156. The Bertz CT molecular complexity index is 3140. The predicted octanol–water partition coefficient (Wildman–Crippen LogP) is 14.0. The number of anilines is 2. The molecule has 6 aromatic rings. The van der Waals surface area contributed by atoms with E-state index in [0.29, 0.717) is 47.9 Å². The van der Waals surface area contributed by atoms with Gasteiger partial charge in [-0.1, -0.05) is 121 Å². The highest BCUT2D eigenvalue weighted by Crippen LogP contribution is 2.42. The lowest BCUT2D eigenvalue weighted by Crippen LogP contribution is -2.27. The van der Waals surface area contributed by atoms with E-state index < -0.39 is 23.4 Å². The topological polar surface area (TPSA) is 145 Å². The molecule has 13 nitrogen and oxygen atoms in total. The van der Waals surface area contributed by atoms with E-state index in [0.717, 1.165) is 116 Å². The zero-order valence-electron chi connectivity index (χ0n) is 48.5. The van der Waals surface area contributed by atoms with Crippen molar-refractivity contribution in [3.05, 3.63) is 162 Å². The molecular formula is C69H80N4O9. The largest absolute Gasteiger partial charge is 0.493 e. The monoisotopic (exact) mass is 1110 g/mol. The molecule has 4 fully saturated rings. The maximum absolute atomic E-state index is 13.4. The summed E-state index contributed by atoms with van der Waals surface area (Å²) in [6.07, 6.45) is 4.55. The van der Waals surface area contributed by atoms with Gasteiger partial charge in [0.25, 0.3) is 0 Å². The molecule has 6 atom stereocenters. The Kier molecular flexibility index (Phi) is 18.1. The molecule has 2 saturated heterocycles. The van der Waals surface area contributed by atoms with E-state index in [4.69, 9.17) is 23.7 Å². The predicted molar refractivity (Wildman–Crippen MR) is 321 cm³/mol. The molecule has 2 saturated carbocycles. The van der Waals surface area contributed by atoms with Crippen LogP contribution in [0.1, 0.15) is 96.8 Å². The summed E-state index contributed by atoms with van der Waals surface area (Å²) in [7, 11) is 0. The standard InChI is InChI=1S/C69H80N4O9/c1-68(2,3)81-64(74)31-20-47-12-11-13-48(36-47)41-73-44-55-39-59(40-56(55)45-73)80-67(77)71-63-17-10-8-15-61(63)52-27-23-50(24-28-52)49-21-25-51(26-22-49)60-14-7-9-16-62(60)70-66(76)79-58-37-53-42-72(43-54(53)38-58)34-32-46-18-29-57(30-19-46)78-35-33-65(75)82-69(4,5)6/h7-19,21-30,36,53-56,58-59H,20,31-35,37-45H2,1-6H3,(H,70,76)(H,71,77)/t53-,54+,55-,56+,58+,59+. The molecule has 2 N–H and O–H groups in total. The van der Waals surface area contributed by atoms with E-state index >= 15 is 0 Å². The highest BCUT2D eigenvalue weighted by atomic mass is 16.6. The van der Waals surface area contributed by atoms with Gasteiger partial charge in [0, 0.05) is 56.8 Å². The summed E-state index contributed by atoms with van der Waals surface area (Å²) >= 11 is 0. The van der Waals surface area contributed by atoms with Crippen molar-refractivity contribution < 1.29 is 42.9 Å². The van der Waals surface area contributed by atoms with Gasteiger partial charge in [0.2, 0.25) is 0 Å². The van der Waals surface area contributed by atoms with Crippen molar-refractivity contribution in [2.24, 2.45) is 23.7 Å². The molecule has 82 heavy (non-hydrogen) atoms. The molecule has 4 aliphatic rings. The van der Waals surface area contributed by atoms with Crippen LogP contribution < -0.4 is 15.4 Å². The van der Waals surface area contributed by atoms with Gasteiger partial charge in [-0.2, -0.15) is 0 Å². The van der Waals surface area contributed by atoms with Crippen molar-refractivity contribution in [3.8, 4) is 39.1 Å². The highest BCUT2D eigenvalue weighted by molar-refractivity contribution is 5.93. The first-order valence-electron chi connectivity index (χ1n) is 29.4. The summed E-state index contributed by atoms with van der Waals surface area (Å²) in [5, 5.41) is 6.12. The van der Waals surface area contributed by atoms with E-state index in [-0.39, 0.29) is 37.2 Å². The summed E-state index contributed by atoms with van der Waals surface area (Å²) in [5.74, 6) is 2.30. The second kappa shape index (κ2) is 25.8. The number of amides is 2. The summed E-state index contributed by atoms with van der Waals surface area (Å²) < 4.78 is 28.8. The van der Waals surface area contributed by atoms with Gasteiger partial charge in [0.05, 0.1) is 24.4 Å². The second-order valence-corrected chi connectivity index (χ2v) is 25.0. The Balaban J connectivity index is 0.648. The number of hydrogen-bond donors (Lipinski definition) is 2. The van der Waals surface area contributed by atoms with Crippen LogP contribution in [0.3, 0.4) is 0 Å². The van der Waals surface area contributed by atoms with Crippen LogP contribution in [0.15, 0.2) is 146 Å². The number of hydrogen-bond acceptors (Lipinski definition) is 11. The van der Waals surface area contributed by atoms with Crippen LogP contribution in [0.5, 0.6) is 5.75 Å². The third-order valence-corrected chi connectivity index (χ3v) is 16.2. The SMILES string of the molecule is CC(C)(C)OC(=O)CCOc1ccc(CCN2C[C@H]3C[C@H](OC(=O)Nc4ccccc4-c4ccc(-c5ccc(-c6ccccc6NC(=O)O[C@H]6C[C@@H]7CN(Cc8cccc(CCC(=O)OC(C)(C)C)c8)C[C@@H]7C6)cc5)cc4)C[C@H]3C2)cc1. The molecule has 2 aliphatic carbocycles. The van der Waals surface area contributed by atoms with E-state index in [1.807, 2.05) is 102 Å². The Morgan fingerprint density at radius 2 is 0.927 bits per heavy atom. The number of para-hydroxylation sites is 2. The number of esters is 2. The van der Waals surface area contributed by atoms with Crippen LogP contribution in [0.25, 0.3) is 33.4 Å². The number of carbonyl (C=O) groups excluding carboxylic acids is 4. The second-order valence-electron chi connectivity index (χ2n) is 25.0. The summed E-state index contributed by atoms with van der Waals surface area (Å²) in [6.45, 7) is 17.3. The first-order chi connectivity index (χ1) is 39.4. The van der Waals surface area contributed by atoms with Crippen molar-refractivity contribution in [2.45, 2.75) is 123 Å². The number of ether oxygens (including phenoxy) is 5. The van der Waals surface area contributed by atoms with Gasteiger partial charge in [-0.3, -0.25) is 25.1 Å². The molecule has 0 unspecified atom stereocenters. The maximum Gasteiger partial charge on any atom is 0.411 e. The number of benzene rings is 6. The lowest BCUT2D eigenvalue weighted by Gasteiger charge is -2.20. The summed E-state index contributed by atoms with van der Waals surface area (Å²) in [4.78, 5) is 56.1. The lowest BCUT2D eigenvalue weighted by atomic mass is 9.97. The molecule has 0 radical (unpaired) electrons. The normalized spacial score (nSPS) is 20.6. The van der Waals surface area contributed by atoms with Crippen molar-refractivity contribution in [1.29, 1.82) is 0 Å². The van der Waals surface area contributed by atoms with Crippen LogP contribution in [-0.4, -0.2) is 96.7 Å². The minimum Gasteiger partial charge on any atom is -0.493 e. The van der Waals surface area contributed by atoms with Crippen LogP contribution in [-0.2, 0) is 47.9 Å². The van der Waals surface area contributed by atoms with Crippen LogP contribution in [0, 0.1) is 23.7 Å². The number of likely N-dealkylation sites (tertiary alicyclic amines) is 2. The minimum absolute atomic E-state index is 0.108. The third-order valence-electron chi connectivity index (χ3n) is 16.2. The van der Waals surface area contributed by atoms with E-state index in [9.17, 15) is 19.2 Å². The molecular weight excluding hydrogens is 1030 g/mol. The fraction of sp³-hybridized carbons (Fsp3) is 0.420.